The van der Waals surface area contributed by atoms with E-state index in [0.717, 1.165) is 10.3 Å². The molecule has 2 aromatic carbocycles. The van der Waals surface area contributed by atoms with E-state index in [9.17, 15) is 18.0 Å². The van der Waals surface area contributed by atoms with Crippen molar-refractivity contribution in [2.75, 3.05) is 12.4 Å². The summed E-state index contributed by atoms with van der Waals surface area (Å²) in [5.74, 6) is -1.05. The van der Waals surface area contributed by atoms with E-state index in [2.05, 4.69) is 4.99 Å². The van der Waals surface area contributed by atoms with E-state index in [1.54, 1.807) is 54.0 Å². The summed E-state index contributed by atoms with van der Waals surface area (Å²) in [6.07, 6.45) is 0.118. The predicted molar refractivity (Wildman–Crippen MR) is 124 cm³/mol. The number of amides is 1. The van der Waals surface area contributed by atoms with Crippen molar-refractivity contribution in [1.82, 2.24) is 4.57 Å². The minimum absolute atomic E-state index is 0.0283. The number of sulfone groups is 1. The second-order valence-corrected chi connectivity index (χ2v) is 10.7. The molecule has 0 saturated carbocycles. The van der Waals surface area contributed by atoms with Gasteiger partial charge in [0.1, 0.15) is 6.54 Å². The van der Waals surface area contributed by atoms with Gasteiger partial charge in [-0.25, -0.2) is 8.42 Å². The van der Waals surface area contributed by atoms with Crippen molar-refractivity contribution >= 4 is 54.9 Å². The van der Waals surface area contributed by atoms with Crippen molar-refractivity contribution in [3.8, 4) is 0 Å². The van der Waals surface area contributed by atoms with E-state index in [0.29, 0.717) is 15.3 Å². The molecule has 32 heavy (non-hydrogen) atoms. The molecule has 0 atom stereocenters. The summed E-state index contributed by atoms with van der Waals surface area (Å²) in [7, 11) is -3.47. The monoisotopic (exact) mass is 494 g/mol. The van der Waals surface area contributed by atoms with Crippen molar-refractivity contribution in [2.45, 2.75) is 38.1 Å². The first kappa shape index (κ1) is 24.2. The maximum absolute atomic E-state index is 12.5. The maximum atomic E-state index is 12.5. The van der Waals surface area contributed by atoms with Crippen LogP contribution in [0.15, 0.2) is 52.4 Å². The van der Waals surface area contributed by atoms with Gasteiger partial charge in [-0.3, -0.25) is 9.59 Å². The Hall–Kier alpha value is -2.49. The molecule has 0 N–H and O–H groups in total. The summed E-state index contributed by atoms with van der Waals surface area (Å²) < 4.78 is 32.3. The number of rotatable bonds is 8. The lowest BCUT2D eigenvalue weighted by atomic mass is 10.2. The van der Waals surface area contributed by atoms with Gasteiger partial charge in [-0.05, 0) is 50.6 Å². The van der Waals surface area contributed by atoms with Gasteiger partial charge in [0, 0.05) is 11.4 Å². The number of carbonyl (C=O) groups excluding carboxylic acids is 2. The fraction of sp³-hybridized carbons (Fsp3) is 0.318. The highest BCUT2D eigenvalue weighted by molar-refractivity contribution is 7.91. The smallest absolute Gasteiger partial charge is 0.326 e. The molecular weight excluding hydrogens is 472 g/mol. The number of benzene rings is 2. The van der Waals surface area contributed by atoms with Crippen LogP contribution in [0.3, 0.4) is 0 Å². The molecule has 0 aliphatic rings. The SMILES string of the molecule is CCOC(=O)Cn1c(=NC(=O)CCCS(=O)(=O)c2ccc(C)cc2)sc2cc(Cl)ccc21. The van der Waals surface area contributed by atoms with Gasteiger partial charge in [-0.15, -0.1) is 0 Å². The number of halogens is 1. The van der Waals surface area contributed by atoms with Crippen molar-refractivity contribution in [2.24, 2.45) is 4.99 Å². The Morgan fingerprint density at radius 1 is 1.16 bits per heavy atom. The van der Waals surface area contributed by atoms with Crippen molar-refractivity contribution in [1.29, 1.82) is 0 Å². The van der Waals surface area contributed by atoms with Gasteiger partial charge in [0.05, 0.1) is 27.5 Å². The molecule has 10 heteroatoms. The quantitative estimate of drug-likeness (QED) is 0.442. The van der Waals surface area contributed by atoms with Crippen LogP contribution in [-0.2, 0) is 30.7 Å². The Labute approximate surface area is 195 Å². The number of thiazole rings is 1. The lowest BCUT2D eigenvalue weighted by Crippen LogP contribution is -2.23. The number of nitrogens with zero attached hydrogens (tertiary/aromatic N) is 2. The number of aryl methyl sites for hydroxylation is 1. The maximum Gasteiger partial charge on any atom is 0.326 e. The van der Waals surface area contributed by atoms with E-state index in [-0.39, 0.29) is 36.6 Å². The zero-order valence-electron chi connectivity index (χ0n) is 17.7. The van der Waals surface area contributed by atoms with Gasteiger partial charge in [-0.2, -0.15) is 4.99 Å². The zero-order valence-corrected chi connectivity index (χ0v) is 20.1. The first-order valence-electron chi connectivity index (χ1n) is 10.0. The molecule has 1 aromatic heterocycles. The molecule has 0 unspecified atom stereocenters. The van der Waals surface area contributed by atoms with E-state index in [1.807, 2.05) is 6.92 Å². The fourth-order valence-corrected chi connectivity index (χ4v) is 5.69. The third-order valence-electron chi connectivity index (χ3n) is 4.64. The van der Waals surface area contributed by atoms with E-state index in [1.165, 1.54) is 11.3 Å². The second kappa shape index (κ2) is 10.4. The molecule has 170 valence electrons. The Morgan fingerprint density at radius 2 is 1.88 bits per heavy atom. The molecule has 0 fully saturated rings. The molecule has 3 rings (SSSR count). The molecule has 0 saturated heterocycles. The summed E-state index contributed by atoms with van der Waals surface area (Å²) in [6, 6.07) is 11.8. The summed E-state index contributed by atoms with van der Waals surface area (Å²) in [5, 5.41) is 0.529. The van der Waals surface area contributed by atoms with Crippen LogP contribution in [0, 0.1) is 6.92 Å². The van der Waals surface area contributed by atoms with Gasteiger partial charge in [0.15, 0.2) is 14.6 Å². The van der Waals surface area contributed by atoms with Crippen LogP contribution in [0.5, 0.6) is 0 Å². The molecule has 7 nitrogen and oxygen atoms in total. The molecule has 0 aliphatic heterocycles. The van der Waals surface area contributed by atoms with Crippen LogP contribution in [0.4, 0.5) is 0 Å². The number of aromatic nitrogens is 1. The summed E-state index contributed by atoms with van der Waals surface area (Å²) in [6.45, 7) is 3.75. The molecule has 0 radical (unpaired) electrons. The number of fused-ring (bicyclic) bond motifs is 1. The highest BCUT2D eigenvalue weighted by atomic mass is 35.5. The van der Waals surface area contributed by atoms with Gasteiger partial charge < -0.3 is 9.30 Å². The Morgan fingerprint density at radius 3 is 2.56 bits per heavy atom. The number of carbonyl (C=O) groups is 2. The number of esters is 1. The van der Waals surface area contributed by atoms with Crippen LogP contribution in [0.2, 0.25) is 5.02 Å². The minimum Gasteiger partial charge on any atom is -0.465 e. The van der Waals surface area contributed by atoms with Gasteiger partial charge in [0.25, 0.3) is 0 Å². The topological polar surface area (TPSA) is 94.8 Å². The summed E-state index contributed by atoms with van der Waals surface area (Å²) >= 11 is 7.29. The van der Waals surface area contributed by atoms with Crippen molar-refractivity contribution < 1.29 is 22.7 Å². The fourth-order valence-electron chi connectivity index (χ4n) is 3.06. The third-order valence-corrected chi connectivity index (χ3v) is 7.73. The molecule has 1 heterocycles. The van der Waals surface area contributed by atoms with Crippen molar-refractivity contribution in [3.05, 3.63) is 57.9 Å². The number of hydrogen-bond acceptors (Lipinski definition) is 6. The lowest BCUT2D eigenvalue weighted by Gasteiger charge is -2.05. The molecular formula is C22H23ClN2O5S2. The zero-order chi connectivity index (χ0) is 23.3. The molecule has 0 aliphatic carbocycles. The van der Waals surface area contributed by atoms with Gasteiger partial charge in [0.2, 0.25) is 5.91 Å². The largest absolute Gasteiger partial charge is 0.465 e. The third kappa shape index (κ3) is 6.05. The average Bonchev–Trinajstić information content (AvgIpc) is 3.04. The Bertz CT molecular complexity index is 1310. The normalized spacial score (nSPS) is 12.3. The van der Waals surface area contributed by atoms with E-state index in [4.69, 9.17) is 16.3 Å². The van der Waals surface area contributed by atoms with Crippen molar-refractivity contribution in [3.63, 3.8) is 0 Å². The lowest BCUT2D eigenvalue weighted by molar-refractivity contribution is -0.143. The van der Waals surface area contributed by atoms with Crippen LogP contribution in [0.1, 0.15) is 25.3 Å². The highest BCUT2D eigenvalue weighted by Crippen LogP contribution is 2.22. The first-order valence-corrected chi connectivity index (χ1v) is 12.9. The van der Waals surface area contributed by atoms with Crippen LogP contribution < -0.4 is 4.80 Å². The van der Waals surface area contributed by atoms with Gasteiger partial charge >= 0.3 is 5.97 Å². The Balaban J connectivity index is 1.78. The van der Waals surface area contributed by atoms with Crippen LogP contribution in [0.25, 0.3) is 10.2 Å². The highest BCUT2D eigenvalue weighted by Gasteiger charge is 2.16. The van der Waals surface area contributed by atoms with Crippen LogP contribution in [-0.4, -0.2) is 37.2 Å². The average molecular weight is 495 g/mol. The molecule has 1 amide bonds. The molecule has 0 spiro atoms. The number of ether oxygens (including phenoxy) is 1. The van der Waals surface area contributed by atoms with Gasteiger partial charge in [-0.1, -0.05) is 40.6 Å². The summed E-state index contributed by atoms with van der Waals surface area (Å²) in [4.78, 5) is 29.2. The Kier molecular flexibility index (Phi) is 7.86. The standard InChI is InChI=1S/C22H23ClN2O5S2/c1-3-30-21(27)14-25-18-11-8-16(23)13-19(18)31-22(25)24-20(26)5-4-12-32(28,29)17-9-6-15(2)7-10-17/h6-11,13H,3-5,12,14H2,1-2H3. The number of hydrogen-bond donors (Lipinski definition) is 0. The van der Waals surface area contributed by atoms with E-state index >= 15 is 0 Å². The molecule has 3 aromatic rings. The minimum atomic E-state index is -3.47. The van der Waals surface area contributed by atoms with Crippen LogP contribution >= 0.6 is 22.9 Å². The van der Waals surface area contributed by atoms with E-state index < -0.39 is 21.7 Å². The predicted octanol–water partition coefficient (Wildman–Crippen LogP) is 3.91. The first-order chi connectivity index (χ1) is 15.2. The molecule has 0 bridgehead atoms. The summed E-state index contributed by atoms with van der Waals surface area (Å²) in [5.41, 5.74) is 1.68. The second-order valence-electron chi connectivity index (χ2n) is 7.13.